The molecular formula is C10H17N3O2. The summed E-state index contributed by atoms with van der Waals surface area (Å²) in [4.78, 5) is 4.34. The fourth-order valence-corrected chi connectivity index (χ4v) is 1.74. The summed E-state index contributed by atoms with van der Waals surface area (Å²) in [5, 5.41) is 3.97. The normalized spacial score (nSPS) is 24.0. The van der Waals surface area contributed by atoms with E-state index >= 15 is 0 Å². The Morgan fingerprint density at radius 3 is 3.13 bits per heavy atom. The van der Waals surface area contributed by atoms with E-state index < -0.39 is 0 Å². The Morgan fingerprint density at radius 1 is 1.60 bits per heavy atom. The maximum absolute atomic E-state index is 5.66. The van der Waals surface area contributed by atoms with Crippen molar-refractivity contribution in [3.63, 3.8) is 0 Å². The fraction of sp³-hybridized carbons (Fsp3) is 0.800. The molecule has 1 aliphatic heterocycles. The van der Waals surface area contributed by atoms with Crippen molar-refractivity contribution >= 4 is 0 Å². The van der Waals surface area contributed by atoms with Gasteiger partial charge in [-0.25, -0.2) is 0 Å². The Bertz CT molecular complexity index is 305. The van der Waals surface area contributed by atoms with Crippen molar-refractivity contribution in [2.45, 2.75) is 38.1 Å². The fourth-order valence-electron chi connectivity index (χ4n) is 1.74. The molecule has 0 bridgehead atoms. The molecule has 1 aliphatic rings. The molecule has 1 fully saturated rings. The van der Waals surface area contributed by atoms with Crippen LogP contribution >= 0.6 is 0 Å². The lowest BCUT2D eigenvalue weighted by molar-refractivity contribution is 0.0773. The summed E-state index contributed by atoms with van der Waals surface area (Å²) in [6.45, 7) is 3.48. The van der Waals surface area contributed by atoms with Crippen LogP contribution in [-0.4, -0.2) is 29.4 Å². The molecule has 15 heavy (non-hydrogen) atoms. The molecule has 5 heteroatoms. The van der Waals surface area contributed by atoms with Gasteiger partial charge in [0.2, 0.25) is 5.89 Å². The molecule has 0 radical (unpaired) electrons. The maximum Gasteiger partial charge on any atom is 0.228 e. The van der Waals surface area contributed by atoms with Crippen LogP contribution in [0.5, 0.6) is 0 Å². The Morgan fingerprint density at radius 2 is 2.47 bits per heavy atom. The summed E-state index contributed by atoms with van der Waals surface area (Å²) < 4.78 is 10.5. The predicted octanol–water partition coefficient (Wildman–Crippen LogP) is 0.853. The lowest BCUT2D eigenvalue weighted by atomic mass is 10.0. The third kappa shape index (κ3) is 2.76. The van der Waals surface area contributed by atoms with Crippen LogP contribution in [0.1, 0.15) is 37.4 Å². The summed E-state index contributed by atoms with van der Waals surface area (Å²) in [6, 6.07) is 0.0564. The van der Waals surface area contributed by atoms with E-state index in [0.717, 1.165) is 25.3 Å². The third-order valence-corrected chi connectivity index (χ3v) is 2.51. The van der Waals surface area contributed by atoms with Crippen LogP contribution in [0, 0.1) is 0 Å². The molecule has 1 saturated heterocycles. The van der Waals surface area contributed by atoms with Crippen LogP contribution < -0.4 is 5.73 Å². The van der Waals surface area contributed by atoms with Crippen LogP contribution in [0.4, 0.5) is 0 Å². The molecule has 0 saturated carbocycles. The standard InChI is InChI=1S/C10H17N3O2/c1-7(11)5-9-12-10(13-15-9)8-3-2-4-14-6-8/h7-8H,2-6,11H2,1H3. The first-order valence-corrected chi connectivity index (χ1v) is 5.41. The van der Waals surface area contributed by atoms with E-state index in [1.165, 1.54) is 0 Å². The molecule has 2 unspecified atom stereocenters. The zero-order chi connectivity index (χ0) is 10.7. The molecular weight excluding hydrogens is 194 g/mol. The van der Waals surface area contributed by atoms with E-state index in [1.807, 2.05) is 6.92 Å². The van der Waals surface area contributed by atoms with Crippen molar-refractivity contribution in [1.82, 2.24) is 10.1 Å². The largest absolute Gasteiger partial charge is 0.381 e. The van der Waals surface area contributed by atoms with Crippen LogP contribution in [0.2, 0.25) is 0 Å². The number of hydrogen-bond acceptors (Lipinski definition) is 5. The summed E-state index contributed by atoms with van der Waals surface area (Å²) in [5.41, 5.74) is 5.66. The highest BCUT2D eigenvalue weighted by Gasteiger charge is 2.21. The first-order chi connectivity index (χ1) is 7.25. The van der Waals surface area contributed by atoms with Gasteiger partial charge in [-0.15, -0.1) is 0 Å². The summed E-state index contributed by atoms with van der Waals surface area (Å²) in [7, 11) is 0. The Hall–Kier alpha value is -0.940. The molecule has 1 aromatic heterocycles. The number of rotatable bonds is 3. The zero-order valence-corrected chi connectivity index (χ0v) is 8.98. The molecule has 84 valence electrons. The van der Waals surface area contributed by atoms with Crippen LogP contribution in [0.15, 0.2) is 4.52 Å². The number of hydrogen-bond donors (Lipinski definition) is 1. The molecule has 0 spiro atoms. The molecule has 2 atom stereocenters. The number of aromatic nitrogens is 2. The van der Waals surface area contributed by atoms with Gasteiger partial charge in [-0.1, -0.05) is 5.16 Å². The zero-order valence-electron chi connectivity index (χ0n) is 8.98. The Labute approximate surface area is 89.0 Å². The Balaban J connectivity index is 1.99. The van der Waals surface area contributed by atoms with Crippen molar-refractivity contribution in [2.75, 3.05) is 13.2 Å². The van der Waals surface area contributed by atoms with E-state index in [1.54, 1.807) is 0 Å². The maximum atomic E-state index is 5.66. The Kier molecular flexibility index (Phi) is 3.33. The third-order valence-electron chi connectivity index (χ3n) is 2.51. The highest BCUT2D eigenvalue weighted by molar-refractivity contribution is 4.97. The predicted molar refractivity (Wildman–Crippen MR) is 54.4 cm³/mol. The van der Waals surface area contributed by atoms with Gasteiger partial charge in [0, 0.05) is 25.0 Å². The van der Waals surface area contributed by atoms with Crippen molar-refractivity contribution in [2.24, 2.45) is 5.73 Å². The molecule has 5 nitrogen and oxygen atoms in total. The molecule has 2 rings (SSSR count). The van der Waals surface area contributed by atoms with Crippen molar-refractivity contribution in [3.05, 3.63) is 11.7 Å². The highest BCUT2D eigenvalue weighted by Crippen LogP contribution is 2.22. The van der Waals surface area contributed by atoms with Gasteiger partial charge in [-0.3, -0.25) is 0 Å². The average molecular weight is 211 g/mol. The van der Waals surface area contributed by atoms with Gasteiger partial charge in [-0.05, 0) is 19.8 Å². The molecule has 0 aromatic carbocycles. The minimum Gasteiger partial charge on any atom is -0.381 e. The van der Waals surface area contributed by atoms with Crippen LogP contribution in [0.3, 0.4) is 0 Å². The van der Waals surface area contributed by atoms with Crippen molar-refractivity contribution in [1.29, 1.82) is 0 Å². The molecule has 0 aliphatic carbocycles. The lowest BCUT2D eigenvalue weighted by Crippen LogP contribution is -2.18. The van der Waals surface area contributed by atoms with Gasteiger partial charge in [0.05, 0.1) is 6.61 Å². The van der Waals surface area contributed by atoms with E-state index in [2.05, 4.69) is 10.1 Å². The minimum absolute atomic E-state index is 0.0564. The van der Waals surface area contributed by atoms with Gasteiger partial charge in [-0.2, -0.15) is 4.98 Å². The number of ether oxygens (including phenoxy) is 1. The van der Waals surface area contributed by atoms with Crippen LogP contribution in [0.25, 0.3) is 0 Å². The summed E-state index contributed by atoms with van der Waals surface area (Å²) in [5.74, 6) is 1.69. The monoisotopic (exact) mass is 211 g/mol. The number of nitrogens with zero attached hydrogens (tertiary/aromatic N) is 2. The summed E-state index contributed by atoms with van der Waals surface area (Å²) >= 11 is 0. The SMILES string of the molecule is CC(N)Cc1nc(C2CCCOC2)no1. The second-order valence-corrected chi connectivity index (χ2v) is 4.14. The van der Waals surface area contributed by atoms with Gasteiger partial charge >= 0.3 is 0 Å². The topological polar surface area (TPSA) is 74.2 Å². The summed E-state index contributed by atoms with van der Waals surface area (Å²) in [6.07, 6.45) is 2.79. The first kappa shape index (κ1) is 10.6. The van der Waals surface area contributed by atoms with E-state index in [-0.39, 0.29) is 6.04 Å². The second-order valence-electron chi connectivity index (χ2n) is 4.14. The van der Waals surface area contributed by atoms with E-state index in [9.17, 15) is 0 Å². The highest BCUT2D eigenvalue weighted by atomic mass is 16.5. The van der Waals surface area contributed by atoms with Gasteiger partial charge < -0.3 is 15.0 Å². The average Bonchev–Trinajstić information content (AvgIpc) is 2.67. The minimum atomic E-state index is 0.0564. The van der Waals surface area contributed by atoms with Crippen molar-refractivity contribution in [3.8, 4) is 0 Å². The van der Waals surface area contributed by atoms with Gasteiger partial charge in [0.15, 0.2) is 5.82 Å². The quantitative estimate of drug-likeness (QED) is 0.802. The second kappa shape index (κ2) is 4.72. The molecule has 1 aromatic rings. The lowest BCUT2D eigenvalue weighted by Gasteiger charge is -2.18. The first-order valence-electron chi connectivity index (χ1n) is 5.41. The van der Waals surface area contributed by atoms with Crippen LogP contribution in [-0.2, 0) is 11.2 Å². The molecule has 2 N–H and O–H groups in total. The number of nitrogens with two attached hydrogens (primary N) is 1. The van der Waals surface area contributed by atoms with Crippen molar-refractivity contribution < 1.29 is 9.26 Å². The van der Waals surface area contributed by atoms with E-state index in [4.69, 9.17) is 15.0 Å². The molecule has 2 heterocycles. The molecule has 0 amide bonds. The smallest absolute Gasteiger partial charge is 0.228 e. The van der Waals surface area contributed by atoms with E-state index in [0.29, 0.717) is 24.8 Å². The van der Waals surface area contributed by atoms with Gasteiger partial charge in [0.1, 0.15) is 0 Å². The van der Waals surface area contributed by atoms with Gasteiger partial charge in [0.25, 0.3) is 0 Å².